The van der Waals surface area contributed by atoms with Crippen LogP contribution in [0.1, 0.15) is 44.9 Å². The van der Waals surface area contributed by atoms with Crippen molar-refractivity contribution in [3.63, 3.8) is 0 Å². The van der Waals surface area contributed by atoms with Crippen molar-refractivity contribution < 1.29 is 18.9 Å². The number of ether oxygens (including phenoxy) is 4. The summed E-state index contributed by atoms with van der Waals surface area (Å²) in [6.45, 7) is 5.26. The molecule has 3 aliphatic rings. The maximum atomic E-state index is 6.20. The molecular weight excluding hydrogens is 268 g/mol. The molecule has 1 unspecified atom stereocenters. The lowest BCUT2D eigenvalue weighted by Crippen LogP contribution is -2.52. The molecule has 0 aromatic rings. The van der Waals surface area contributed by atoms with Gasteiger partial charge in [-0.25, -0.2) is 0 Å². The van der Waals surface area contributed by atoms with Crippen LogP contribution in [0.15, 0.2) is 12.7 Å². The fraction of sp³-hybridized carbons (Fsp3) is 0.882. The summed E-state index contributed by atoms with van der Waals surface area (Å²) < 4.78 is 23.9. The van der Waals surface area contributed by atoms with E-state index in [1.54, 1.807) is 7.11 Å². The number of hydrogen-bond acceptors (Lipinski definition) is 4. The van der Waals surface area contributed by atoms with Gasteiger partial charge in [-0.1, -0.05) is 25.3 Å². The van der Waals surface area contributed by atoms with E-state index in [0.717, 1.165) is 18.9 Å². The van der Waals surface area contributed by atoms with E-state index in [4.69, 9.17) is 18.9 Å². The van der Waals surface area contributed by atoms with Crippen LogP contribution in [0.4, 0.5) is 0 Å². The average molecular weight is 296 g/mol. The standard InChI is InChI=1S/C17H28O4/c1-3-9-17-16(18-2)10-14(15(21-17)12-20-17)19-11-13-7-5-4-6-8-13/h3,13-16H,1,4-12H2,2H3/t14-,15+,16+,17?/m0/s1. The van der Waals surface area contributed by atoms with Crippen LogP contribution in [0.3, 0.4) is 0 Å². The Hall–Kier alpha value is -0.420. The zero-order chi connectivity index (χ0) is 14.7. The van der Waals surface area contributed by atoms with E-state index in [2.05, 4.69) is 6.58 Å². The number of methoxy groups -OCH3 is 1. The van der Waals surface area contributed by atoms with E-state index in [-0.39, 0.29) is 18.3 Å². The molecule has 0 amide bonds. The zero-order valence-corrected chi connectivity index (χ0v) is 13.1. The highest BCUT2D eigenvalue weighted by Gasteiger charge is 2.55. The Morgan fingerprint density at radius 2 is 2.10 bits per heavy atom. The van der Waals surface area contributed by atoms with Gasteiger partial charge in [0, 0.05) is 26.6 Å². The van der Waals surface area contributed by atoms with Gasteiger partial charge in [0.05, 0.1) is 12.7 Å². The first kappa shape index (κ1) is 15.5. The molecule has 0 N–H and O–H groups in total. The Morgan fingerprint density at radius 1 is 1.29 bits per heavy atom. The van der Waals surface area contributed by atoms with Crippen molar-refractivity contribution >= 4 is 0 Å². The van der Waals surface area contributed by atoms with E-state index < -0.39 is 5.79 Å². The molecule has 4 nitrogen and oxygen atoms in total. The monoisotopic (exact) mass is 296 g/mol. The minimum atomic E-state index is -0.633. The third-order valence-corrected chi connectivity index (χ3v) is 5.18. The predicted octanol–water partition coefficient (Wildman–Crippen LogP) is 3.06. The highest BCUT2D eigenvalue weighted by Crippen LogP contribution is 2.42. The second-order valence-corrected chi connectivity index (χ2v) is 6.61. The van der Waals surface area contributed by atoms with E-state index >= 15 is 0 Å². The van der Waals surface area contributed by atoms with Crippen LogP contribution in [-0.4, -0.2) is 44.4 Å². The molecule has 4 atom stereocenters. The van der Waals surface area contributed by atoms with Crippen molar-refractivity contribution in [3.8, 4) is 0 Å². The maximum Gasteiger partial charge on any atom is 0.198 e. The second-order valence-electron chi connectivity index (χ2n) is 6.61. The first-order chi connectivity index (χ1) is 10.3. The van der Waals surface area contributed by atoms with Gasteiger partial charge in [0.15, 0.2) is 5.79 Å². The lowest BCUT2D eigenvalue weighted by atomic mass is 9.90. The fourth-order valence-corrected chi connectivity index (χ4v) is 3.95. The molecule has 0 radical (unpaired) electrons. The molecule has 3 fully saturated rings. The molecule has 2 aliphatic heterocycles. The smallest absolute Gasteiger partial charge is 0.198 e. The molecule has 21 heavy (non-hydrogen) atoms. The van der Waals surface area contributed by atoms with Crippen LogP contribution in [0.25, 0.3) is 0 Å². The van der Waals surface area contributed by atoms with E-state index in [9.17, 15) is 0 Å². The van der Waals surface area contributed by atoms with Crippen LogP contribution < -0.4 is 0 Å². The van der Waals surface area contributed by atoms with Crippen LogP contribution in [-0.2, 0) is 18.9 Å². The third kappa shape index (κ3) is 3.19. The Labute approximate surface area is 127 Å². The largest absolute Gasteiger partial charge is 0.376 e. The summed E-state index contributed by atoms with van der Waals surface area (Å²) in [5, 5.41) is 0. The molecule has 3 rings (SSSR count). The van der Waals surface area contributed by atoms with Gasteiger partial charge < -0.3 is 18.9 Å². The predicted molar refractivity (Wildman–Crippen MR) is 80.1 cm³/mol. The minimum Gasteiger partial charge on any atom is -0.376 e. The third-order valence-electron chi connectivity index (χ3n) is 5.18. The molecular formula is C17H28O4. The summed E-state index contributed by atoms with van der Waals surface area (Å²) in [7, 11) is 1.72. The highest BCUT2D eigenvalue weighted by atomic mass is 16.8. The molecule has 0 aromatic carbocycles. The van der Waals surface area contributed by atoms with Gasteiger partial charge in [-0.15, -0.1) is 6.58 Å². The molecule has 0 aromatic heterocycles. The summed E-state index contributed by atoms with van der Waals surface area (Å²) >= 11 is 0. The summed E-state index contributed by atoms with van der Waals surface area (Å²) in [4.78, 5) is 0. The quantitative estimate of drug-likeness (QED) is 0.706. The van der Waals surface area contributed by atoms with Gasteiger partial charge in [0.25, 0.3) is 0 Å². The van der Waals surface area contributed by atoms with Gasteiger partial charge >= 0.3 is 0 Å². The van der Waals surface area contributed by atoms with E-state index in [1.165, 1.54) is 32.1 Å². The summed E-state index contributed by atoms with van der Waals surface area (Å²) in [6, 6.07) is 0. The first-order valence-electron chi connectivity index (χ1n) is 8.34. The van der Waals surface area contributed by atoms with Crippen molar-refractivity contribution in [2.24, 2.45) is 5.92 Å². The van der Waals surface area contributed by atoms with Crippen molar-refractivity contribution in [2.75, 3.05) is 20.3 Å². The molecule has 2 bridgehead atoms. The summed E-state index contributed by atoms with van der Waals surface area (Å²) in [6.07, 6.45) is 10.1. The van der Waals surface area contributed by atoms with Crippen LogP contribution in [0, 0.1) is 5.92 Å². The van der Waals surface area contributed by atoms with Crippen LogP contribution >= 0.6 is 0 Å². The van der Waals surface area contributed by atoms with Crippen LogP contribution in [0.5, 0.6) is 0 Å². The molecule has 4 heteroatoms. The van der Waals surface area contributed by atoms with Gasteiger partial charge in [-0.2, -0.15) is 0 Å². The van der Waals surface area contributed by atoms with Crippen molar-refractivity contribution in [3.05, 3.63) is 12.7 Å². The van der Waals surface area contributed by atoms with Crippen LogP contribution in [0.2, 0.25) is 0 Å². The lowest BCUT2D eigenvalue weighted by Gasteiger charge is -2.41. The Bertz CT molecular complexity index is 353. The van der Waals surface area contributed by atoms with Gasteiger partial charge in [0.1, 0.15) is 12.2 Å². The molecule has 2 saturated heterocycles. The van der Waals surface area contributed by atoms with E-state index in [1.807, 2.05) is 6.08 Å². The minimum absolute atomic E-state index is 0.0416. The van der Waals surface area contributed by atoms with E-state index in [0.29, 0.717) is 13.0 Å². The normalized spacial score (nSPS) is 40.3. The molecule has 0 spiro atoms. The van der Waals surface area contributed by atoms with Gasteiger partial charge in [-0.05, 0) is 18.8 Å². The molecule has 1 saturated carbocycles. The Kier molecular flexibility index (Phi) is 4.99. The summed E-state index contributed by atoms with van der Waals surface area (Å²) in [5.74, 6) is 0.0909. The van der Waals surface area contributed by atoms with Gasteiger partial charge in [-0.3, -0.25) is 0 Å². The van der Waals surface area contributed by atoms with Crippen molar-refractivity contribution in [1.29, 1.82) is 0 Å². The number of fused-ring (bicyclic) bond motifs is 2. The lowest BCUT2D eigenvalue weighted by molar-refractivity contribution is -0.272. The highest BCUT2D eigenvalue weighted by molar-refractivity contribution is 5.00. The summed E-state index contributed by atoms with van der Waals surface area (Å²) in [5.41, 5.74) is 0. The first-order valence-corrected chi connectivity index (χ1v) is 8.34. The Balaban J connectivity index is 1.57. The van der Waals surface area contributed by atoms with Gasteiger partial charge in [0.2, 0.25) is 0 Å². The fourth-order valence-electron chi connectivity index (χ4n) is 3.95. The molecule has 1 aliphatic carbocycles. The van der Waals surface area contributed by atoms with Crippen molar-refractivity contribution in [1.82, 2.24) is 0 Å². The Morgan fingerprint density at radius 3 is 2.81 bits per heavy atom. The topological polar surface area (TPSA) is 36.9 Å². The second kappa shape index (κ2) is 6.78. The average Bonchev–Trinajstić information content (AvgIpc) is 2.88. The molecule has 2 heterocycles. The zero-order valence-electron chi connectivity index (χ0n) is 13.1. The number of rotatable bonds is 6. The SMILES string of the molecule is C=CCC12OC[C@@H](O1)[C@@H](OCC1CCCCC1)C[C@H]2OC. The number of hydrogen-bond donors (Lipinski definition) is 0. The van der Waals surface area contributed by atoms with Crippen molar-refractivity contribution in [2.45, 2.75) is 69.0 Å². The molecule has 120 valence electrons. The maximum absolute atomic E-state index is 6.20.